The average molecular weight is 372 g/mol. The molecular weight excluding hydrogens is 359 g/mol. The van der Waals surface area contributed by atoms with E-state index >= 15 is 0 Å². The van der Waals surface area contributed by atoms with Gasteiger partial charge in [0.25, 0.3) is 5.91 Å². The highest BCUT2D eigenvalue weighted by atomic mass is 35.5. The summed E-state index contributed by atoms with van der Waals surface area (Å²) in [6.45, 7) is -0.459. The number of halogens is 4. The van der Waals surface area contributed by atoms with Crippen molar-refractivity contribution in [1.29, 1.82) is 0 Å². The SMILES string of the molecule is O=C(CNC(=O)c1ccc(C(F)(F)F)cc1)OCc1ccccc1Cl. The first-order chi connectivity index (χ1) is 11.8. The number of carbonyl (C=O) groups excluding carboxylic acids is 2. The maximum Gasteiger partial charge on any atom is 0.416 e. The summed E-state index contributed by atoms with van der Waals surface area (Å²) in [7, 11) is 0. The minimum absolute atomic E-state index is 0.00639. The summed E-state index contributed by atoms with van der Waals surface area (Å²) >= 11 is 5.92. The maximum absolute atomic E-state index is 12.5. The molecule has 0 unspecified atom stereocenters. The quantitative estimate of drug-likeness (QED) is 0.813. The molecule has 0 aliphatic heterocycles. The number of hydrogen-bond donors (Lipinski definition) is 1. The third-order valence-corrected chi connectivity index (χ3v) is 3.58. The highest BCUT2D eigenvalue weighted by Gasteiger charge is 2.30. The van der Waals surface area contributed by atoms with Gasteiger partial charge in [-0.2, -0.15) is 13.2 Å². The van der Waals surface area contributed by atoms with E-state index in [2.05, 4.69) is 5.32 Å². The van der Waals surface area contributed by atoms with Crippen molar-refractivity contribution in [2.75, 3.05) is 6.54 Å². The van der Waals surface area contributed by atoms with Gasteiger partial charge in [-0.05, 0) is 30.3 Å². The Morgan fingerprint density at radius 1 is 1.04 bits per heavy atom. The van der Waals surface area contributed by atoms with Gasteiger partial charge >= 0.3 is 12.1 Å². The van der Waals surface area contributed by atoms with Gasteiger partial charge in [-0.3, -0.25) is 9.59 Å². The molecule has 0 atom stereocenters. The summed E-state index contributed by atoms with van der Waals surface area (Å²) in [4.78, 5) is 23.4. The lowest BCUT2D eigenvalue weighted by atomic mass is 10.1. The Balaban J connectivity index is 1.83. The predicted molar refractivity (Wildman–Crippen MR) is 85.0 cm³/mol. The van der Waals surface area contributed by atoms with Gasteiger partial charge in [0.05, 0.1) is 5.56 Å². The van der Waals surface area contributed by atoms with Gasteiger partial charge in [-0.15, -0.1) is 0 Å². The smallest absolute Gasteiger partial charge is 0.416 e. The Morgan fingerprint density at radius 2 is 1.68 bits per heavy atom. The molecule has 2 aromatic carbocycles. The lowest BCUT2D eigenvalue weighted by molar-refractivity contribution is -0.143. The third-order valence-electron chi connectivity index (χ3n) is 3.21. The molecule has 0 heterocycles. The summed E-state index contributed by atoms with van der Waals surface area (Å²) < 4.78 is 42.3. The average Bonchev–Trinajstić information content (AvgIpc) is 2.58. The van der Waals surface area contributed by atoms with E-state index in [1.54, 1.807) is 24.3 Å². The number of rotatable bonds is 5. The zero-order valence-electron chi connectivity index (χ0n) is 12.8. The van der Waals surface area contributed by atoms with Crippen LogP contribution in [0.3, 0.4) is 0 Å². The molecule has 2 aromatic rings. The van der Waals surface area contributed by atoms with Gasteiger partial charge in [0, 0.05) is 16.1 Å². The summed E-state index contributed by atoms with van der Waals surface area (Å²) in [5.41, 5.74) is -0.235. The van der Waals surface area contributed by atoms with Crippen LogP contribution in [-0.4, -0.2) is 18.4 Å². The van der Waals surface area contributed by atoms with Gasteiger partial charge in [-0.1, -0.05) is 29.8 Å². The van der Waals surface area contributed by atoms with Crippen LogP contribution in [-0.2, 0) is 22.3 Å². The fourth-order valence-corrected chi connectivity index (χ4v) is 2.08. The van der Waals surface area contributed by atoms with Gasteiger partial charge in [0.2, 0.25) is 0 Å². The number of carbonyl (C=O) groups is 2. The minimum Gasteiger partial charge on any atom is -0.459 e. The fourth-order valence-electron chi connectivity index (χ4n) is 1.89. The summed E-state index contributed by atoms with van der Waals surface area (Å²) in [6, 6.07) is 10.5. The topological polar surface area (TPSA) is 55.4 Å². The van der Waals surface area contributed by atoms with Gasteiger partial charge in [0.1, 0.15) is 13.2 Å². The Hall–Kier alpha value is -2.54. The molecule has 25 heavy (non-hydrogen) atoms. The lowest BCUT2D eigenvalue weighted by Crippen LogP contribution is -2.30. The van der Waals surface area contributed by atoms with Crippen molar-refractivity contribution in [1.82, 2.24) is 5.32 Å². The summed E-state index contributed by atoms with van der Waals surface area (Å²) in [5, 5.41) is 2.73. The van der Waals surface area contributed by atoms with Crippen LogP contribution in [0.1, 0.15) is 21.5 Å². The molecule has 0 saturated heterocycles. The fraction of sp³-hybridized carbons (Fsp3) is 0.176. The molecule has 4 nitrogen and oxygen atoms in total. The zero-order chi connectivity index (χ0) is 18.4. The number of esters is 1. The van der Waals surface area contributed by atoms with Crippen molar-refractivity contribution in [3.63, 3.8) is 0 Å². The molecule has 0 aliphatic carbocycles. The van der Waals surface area contributed by atoms with E-state index in [0.717, 1.165) is 24.3 Å². The highest BCUT2D eigenvalue weighted by Crippen LogP contribution is 2.29. The Labute approximate surface area is 146 Å². The summed E-state index contributed by atoms with van der Waals surface area (Å²) in [6.07, 6.45) is -4.47. The maximum atomic E-state index is 12.5. The molecule has 132 valence electrons. The van der Waals surface area contributed by atoms with Gasteiger partial charge in [0.15, 0.2) is 0 Å². The third kappa shape index (κ3) is 5.49. The standard InChI is InChI=1S/C17H13ClF3NO3/c18-14-4-2-1-3-12(14)10-25-15(23)9-22-16(24)11-5-7-13(8-6-11)17(19,20)21/h1-8H,9-10H2,(H,22,24). The van der Waals surface area contributed by atoms with E-state index < -0.39 is 30.2 Å². The second-order valence-corrected chi connectivity index (χ2v) is 5.42. The Bertz CT molecular complexity index is 760. The second kappa shape index (κ2) is 8.02. The molecule has 0 aliphatic rings. The largest absolute Gasteiger partial charge is 0.459 e. The van der Waals surface area contributed by atoms with Gasteiger partial charge in [-0.25, -0.2) is 0 Å². The molecule has 0 saturated carbocycles. The van der Waals surface area contributed by atoms with E-state index in [1.807, 2.05) is 0 Å². The van der Waals surface area contributed by atoms with Crippen LogP contribution in [0.5, 0.6) is 0 Å². The molecule has 1 amide bonds. The molecule has 2 rings (SSSR count). The van der Waals surface area contributed by atoms with Crippen molar-refractivity contribution in [3.8, 4) is 0 Å². The lowest BCUT2D eigenvalue weighted by Gasteiger charge is -2.09. The second-order valence-electron chi connectivity index (χ2n) is 5.01. The first-order valence-electron chi connectivity index (χ1n) is 7.12. The number of amides is 1. The minimum atomic E-state index is -4.47. The molecule has 0 aromatic heterocycles. The van der Waals surface area contributed by atoms with Crippen LogP contribution in [0.15, 0.2) is 48.5 Å². The number of hydrogen-bond acceptors (Lipinski definition) is 3. The molecule has 1 N–H and O–H groups in total. The molecule has 0 spiro atoms. The van der Waals surface area contributed by atoms with E-state index in [-0.39, 0.29) is 12.2 Å². The van der Waals surface area contributed by atoms with Crippen molar-refractivity contribution in [3.05, 3.63) is 70.2 Å². The van der Waals surface area contributed by atoms with Crippen molar-refractivity contribution in [2.24, 2.45) is 0 Å². The highest BCUT2D eigenvalue weighted by molar-refractivity contribution is 6.31. The van der Waals surface area contributed by atoms with Crippen LogP contribution in [0.4, 0.5) is 13.2 Å². The molecule has 0 radical (unpaired) electrons. The number of nitrogens with one attached hydrogen (secondary N) is 1. The predicted octanol–water partition coefficient (Wildman–Crippen LogP) is 3.83. The Morgan fingerprint density at radius 3 is 2.28 bits per heavy atom. The van der Waals surface area contributed by atoms with Crippen LogP contribution in [0.2, 0.25) is 5.02 Å². The van der Waals surface area contributed by atoms with E-state index in [9.17, 15) is 22.8 Å². The number of ether oxygens (including phenoxy) is 1. The van der Waals surface area contributed by atoms with E-state index in [1.165, 1.54) is 0 Å². The molecule has 8 heteroatoms. The molecule has 0 bridgehead atoms. The van der Waals surface area contributed by atoms with Crippen LogP contribution in [0, 0.1) is 0 Å². The normalized spacial score (nSPS) is 11.0. The van der Waals surface area contributed by atoms with Crippen molar-refractivity contribution < 1.29 is 27.5 Å². The monoisotopic (exact) mass is 371 g/mol. The van der Waals surface area contributed by atoms with Gasteiger partial charge < -0.3 is 10.1 Å². The van der Waals surface area contributed by atoms with Crippen LogP contribution in [0.25, 0.3) is 0 Å². The Kier molecular flexibility index (Phi) is 6.03. The zero-order valence-corrected chi connectivity index (χ0v) is 13.5. The molecular formula is C17H13ClF3NO3. The number of alkyl halides is 3. The molecule has 0 fully saturated rings. The van der Waals surface area contributed by atoms with Crippen LogP contribution < -0.4 is 5.32 Å². The first-order valence-corrected chi connectivity index (χ1v) is 7.49. The first kappa shape index (κ1) is 18.8. The number of benzene rings is 2. The van der Waals surface area contributed by atoms with Crippen molar-refractivity contribution in [2.45, 2.75) is 12.8 Å². The van der Waals surface area contributed by atoms with E-state index in [0.29, 0.717) is 10.6 Å². The van der Waals surface area contributed by atoms with E-state index in [4.69, 9.17) is 16.3 Å². The van der Waals surface area contributed by atoms with Crippen molar-refractivity contribution >= 4 is 23.5 Å². The van der Waals surface area contributed by atoms with Crippen LogP contribution >= 0.6 is 11.6 Å². The summed E-state index contributed by atoms with van der Waals surface area (Å²) in [5.74, 6) is -1.37.